The van der Waals surface area contributed by atoms with Crippen molar-refractivity contribution in [2.24, 2.45) is 5.73 Å². The maximum absolute atomic E-state index is 11.6. The van der Waals surface area contributed by atoms with Crippen molar-refractivity contribution in [2.75, 3.05) is 6.61 Å². The minimum absolute atomic E-state index is 0.449. The molecule has 0 saturated carbocycles. The van der Waals surface area contributed by atoms with E-state index in [2.05, 4.69) is 5.32 Å². The number of nitrogens with zero attached hydrogens (tertiary/aromatic N) is 1. The van der Waals surface area contributed by atoms with Gasteiger partial charge >= 0.3 is 6.03 Å². The lowest BCUT2D eigenvalue weighted by Gasteiger charge is -2.35. The first kappa shape index (κ1) is 12.3. The fraction of sp³-hybridized carbons (Fsp3) is 0.667. The van der Waals surface area contributed by atoms with Crippen LogP contribution in [0, 0.1) is 0 Å². The van der Waals surface area contributed by atoms with Crippen molar-refractivity contribution >= 4 is 6.03 Å². The molecule has 5 atom stereocenters. The summed E-state index contributed by atoms with van der Waals surface area (Å²) in [6, 6.07) is -0.533. The molecule has 1 fully saturated rings. The van der Waals surface area contributed by atoms with Crippen LogP contribution < -0.4 is 11.1 Å². The Balaban J connectivity index is 2.17. The SMILES string of the molecule is NC1C=CNC(=O)N1C1O[C@H](CO)[C@@H](O)[C@@H]1O. The van der Waals surface area contributed by atoms with Gasteiger partial charge in [0.15, 0.2) is 6.23 Å². The summed E-state index contributed by atoms with van der Waals surface area (Å²) in [7, 11) is 0. The van der Waals surface area contributed by atoms with Crippen LogP contribution in [0.5, 0.6) is 0 Å². The highest BCUT2D eigenvalue weighted by molar-refractivity contribution is 5.77. The van der Waals surface area contributed by atoms with E-state index in [0.717, 1.165) is 4.90 Å². The molecule has 2 heterocycles. The molecule has 0 radical (unpaired) electrons. The van der Waals surface area contributed by atoms with Crippen LogP contribution in [0.1, 0.15) is 0 Å². The molecule has 0 spiro atoms. The number of nitrogens with two attached hydrogens (primary N) is 1. The first-order valence-electron chi connectivity index (χ1n) is 5.20. The predicted octanol–water partition coefficient (Wildman–Crippen LogP) is -2.75. The molecule has 96 valence electrons. The number of rotatable bonds is 2. The zero-order valence-electron chi connectivity index (χ0n) is 8.93. The van der Waals surface area contributed by atoms with Crippen LogP contribution in [-0.2, 0) is 4.74 Å². The van der Waals surface area contributed by atoms with E-state index in [1.54, 1.807) is 0 Å². The van der Waals surface area contributed by atoms with Crippen LogP contribution in [0.15, 0.2) is 12.3 Å². The zero-order valence-corrected chi connectivity index (χ0v) is 8.93. The first-order chi connectivity index (χ1) is 8.06. The fourth-order valence-electron chi connectivity index (χ4n) is 1.92. The highest BCUT2D eigenvalue weighted by atomic mass is 16.6. The normalized spacial score (nSPS) is 41.8. The van der Waals surface area contributed by atoms with E-state index in [9.17, 15) is 15.0 Å². The highest BCUT2D eigenvalue weighted by Crippen LogP contribution is 2.25. The average Bonchev–Trinajstić information content (AvgIpc) is 2.57. The number of ether oxygens (including phenoxy) is 1. The molecule has 0 aromatic heterocycles. The van der Waals surface area contributed by atoms with Crippen LogP contribution in [0.4, 0.5) is 4.79 Å². The van der Waals surface area contributed by atoms with E-state index in [-0.39, 0.29) is 0 Å². The molecular weight excluding hydrogens is 230 g/mol. The second-order valence-corrected chi connectivity index (χ2v) is 3.94. The van der Waals surface area contributed by atoms with Gasteiger partial charge in [0.2, 0.25) is 0 Å². The lowest BCUT2D eigenvalue weighted by molar-refractivity contribution is -0.0869. The summed E-state index contributed by atoms with van der Waals surface area (Å²) in [5.74, 6) is 0. The highest BCUT2D eigenvalue weighted by Gasteiger charge is 2.48. The number of aliphatic hydroxyl groups is 3. The Labute approximate surface area is 97.3 Å². The molecule has 2 amide bonds. The third-order valence-corrected chi connectivity index (χ3v) is 2.85. The minimum atomic E-state index is -1.31. The summed E-state index contributed by atoms with van der Waals surface area (Å²) in [5, 5.41) is 30.7. The van der Waals surface area contributed by atoms with Gasteiger partial charge in [-0.25, -0.2) is 4.79 Å². The van der Waals surface area contributed by atoms with Crippen molar-refractivity contribution in [1.29, 1.82) is 0 Å². The molecule has 1 saturated heterocycles. The molecule has 2 aliphatic heterocycles. The van der Waals surface area contributed by atoms with Gasteiger partial charge in [-0.05, 0) is 6.08 Å². The summed E-state index contributed by atoms with van der Waals surface area (Å²) < 4.78 is 5.22. The number of carbonyl (C=O) groups excluding carboxylic acids is 1. The number of amides is 2. The number of aliphatic hydroxyl groups excluding tert-OH is 3. The number of hydrogen-bond acceptors (Lipinski definition) is 6. The summed E-state index contributed by atoms with van der Waals surface area (Å²) in [4.78, 5) is 12.7. The number of hydrogen-bond donors (Lipinski definition) is 5. The summed E-state index contributed by atoms with van der Waals surface area (Å²) in [6.07, 6.45) is -2.43. The maximum atomic E-state index is 11.6. The second kappa shape index (κ2) is 4.59. The molecule has 0 bridgehead atoms. The van der Waals surface area contributed by atoms with Gasteiger partial charge in [0.25, 0.3) is 0 Å². The van der Waals surface area contributed by atoms with Crippen molar-refractivity contribution < 1.29 is 24.9 Å². The number of nitrogens with one attached hydrogen (secondary N) is 1. The van der Waals surface area contributed by atoms with E-state index in [1.807, 2.05) is 0 Å². The van der Waals surface area contributed by atoms with Gasteiger partial charge in [0.05, 0.1) is 6.61 Å². The van der Waals surface area contributed by atoms with E-state index in [1.165, 1.54) is 12.3 Å². The monoisotopic (exact) mass is 245 g/mol. The fourth-order valence-corrected chi connectivity index (χ4v) is 1.92. The van der Waals surface area contributed by atoms with Crippen molar-refractivity contribution in [3.8, 4) is 0 Å². The molecule has 8 nitrogen and oxygen atoms in total. The van der Waals surface area contributed by atoms with E-state index >= 15 is 0 Å². The Morgan fingerprint density at radius 1 is 1.47 bits per heavy atom. The van der Waals surface area contributed by atoms with Gasteiger partial charge in [-0.1, -0.05) is 0 Å². The summed E-state index contributed by atoms with van der Waals surface area (Å²) in [6.45, 7) is -0.449. The van der Waals surface area contributed by atoms with Crippen molar-refractivity contribution in [2.45, 2.75) is 30.7 Å². The molecule has 8 heteroatoms. The van der Waals surface area contributed by atoms with Gasteiger partial charge < -0.3 is 31.1 Å². The van der Waals surface area contributed by atoms with Gasteiger partial charge in [0.1, 0.15) is 24.5 Å². The van der Waals surface area contributed by atoms with Crippen molar-refractivity contribution in [3.05, 3.63) is 12.3 Å². The third kappa shape index (κ3) is 2.01. The quantitative estimate of drug-likeness (QED) is 0.359. The molecule has 2 rings (SSSR count). The number of urea groups is 1. The van der Waals surface area contributed by atoms with Gasteiger partial charge in [0, 0.05) is 6.20 Å². The van der Waals surface area contributed by atoms with E-state index < -0.39 is 43.3 Å². The lowest BCUT2D eigenvalue weighted by Crippen LogP contribution is -2.59. The molecule has 2 aliphatic rings. The summed E-state index contributed by atoms with van der Waals surface area (Å²) >= 11 is 0. The Bertz CT molecular complexity index is 337. The first-order valence-corrected chi connectivity index (χ1v) is 5.20. The predicted molar refractivity (Wildman–Crippen MR) is 55.2 cm³/mol. The molecule has 17 heavy (non-hydrogen) atoms. The Morgan fingerprint density at radius 2 is 2.18 bits per heavy atom. The topological polar surface area (TPSA) is 128 Å². The Hall–Kier alpha value is -1.19. The second-order valence-electron chi connectivity index (χ2n) is 3.94. The van der Waals surface area contributed by atoms with E-state index in [4.69, 9.17) is 15.6 Å². The van der Waals surface area contributed by atoms with Gasteiger partial charge in [-0.2, -0.15) is 0 Å². The van der Waals surface area contributed by atoms with E-state index in [0.29, 0.717) is 0 Å². The van der Waals surface area contributed by atoms with Crippen LogP contribution in [0.25, 0.3) is 0 Å². The smallest absolute Gasteiger partial charge is 0.325 e. The summed E-state index contributed by atoms with van der Waals surface area (Å²) in [5.41, 5.74) is 5.69. The molecular formula is C9H15N3O5. The van der Waals surface area contributed by atoms with Crippen molar-refractivity contribution in [3.63, 3.8) is 0 Å². The average molecular weight is 245 g/mol. The zero-order chi connectivity index (χ0) is 12.6. The van der Waals surface area contributed by atoms with Crippen LogP contribution in [-0.4, -0.2) is 63.6 Å². The Kier molecular flexibility index (Phi) is 3.31. The largest absolute Gasteiger partial charge is 0.394 e. The van der Waals surface area contributed by atoms with Crippen LogP contribution in [0.3, 0.4) is 0 Å². The van der Waals surface area contributed by atoms with Crippen molar-refractivity contribution in [1.82, 2.24) is 10.2 Å². The third-order valence-electron chi connectivity index (χ3n) is 2.85. The molecule has 2 unspecified atom stereocenters. The molecule has 0 aromatic rings. The molecule has 0 aromatic carbocycles. The van der Waals surface area contributed by atoms with Crippen LogP contribution in [0.2, 0.25) is 0 Å². The van der Waals surface area contributed by atoms with Gasteiger partial charge in [-0.3, -0.25) is 4.90 Å². The number of carbonyl (C=O) groups is 1. The van der Waals surface area contributed by atoms with Crippen LogP contribution >= 0.6 is 0 Å². The standard InChI is InChI=1S/C9H15N3O5/c10-5-1-2-11-9(16)12(5)8-7(15)6(14)4(3-13)17-8/h1-2,4-8,13-15H,3,10H2,(H,11,16)/t4-,5?,6-,7+,8?/m1/s1. The Morgan fingerprint density at radius 3 is 2.71 bits per heavy atom. The molecule has 6 N–H and O–H groups in total. The molecule has 0 aliphatic carbocycles. The minimum Gasteiger partial charge on any atom is -0.394 e. The lowest BCUT2D eigenvalue weighted by atomic mass is 10.1. The maximum Gasteiger partial charge on any atom is 0.325 e. The van der Waals surface area contributed by atoms with Gasteiger partial charge in [-0.15, -0.1) is 0 Å².